The minimum absolute atomic E-state index is 0.0475. The van der Waals surface area contributed by atoms with E-state index < -0.39 is 0 Å². The third-order valence-corrected chi connectivity index (χ3v) is 4.02. The first kappa shape index (κ1) is 20.8. The number of halogens is 1. The molecule has 1 amide bonds. The minimum atomic E-state index is -0.356. The Morgan fingerprint density at radius 3 is 2.59 bits per heavy atom. The molecule has 0 unspecified atom stereocenters. The summed E-state index contributed by atoms with van der Waals surface area (Å²) in [4.78, 5) is 11.9. The quantitative estimate of drug-likeness (QED) is 0.501. The van der Waals surface area contributed by atoms with Gasteiger partial charge in [0.05, 0.1) is 23.9 Å². The van der Waals surface area contributed by atoms with Gasteiger partial charge in [-0.15, -0.1) is 0 Å². The maximum atomic E-state index is 11.9. The van der Waals surface area contributed by atoms with Crippen LogP contribution in [-0.2, 0) is 4.79 Å². The van der Waals surface area contributed by atoms with Crippen molar-refractivity contribution in [3.63, 3.8) is 0 Å². The Bertz CT molecular complexity index is 822. The number of nitrogens with one attached hydrogen (secondary N) is 1. The van der Waals surface area contributed by atoms with E-state index in [0.717, 1.165) is 15.6 Å². The van der Waals surface area contributed by atoms with Crippen LogP contribution >= 0.6 is 15.9 Å². The van der Waals surface area contributed by atoms with Gasteiger partial charge in [-0.2, -0.15) is 5.10 Å². The highest BCUT2D eigenvalue weighted by Gasteiger charge is 2.07. The van der Waals surface area contributed by atoms with Crippen molar-refractivity contribution in [2.24, 2.45) is 5.10 Å². The van der Waals surface area contributed by atoms with Gasteiger partial charge in [-0.3, -0.25) is 4.79 Å². The first-order valence-electron chi connectivity index (χ1n) is 8.44. The highest BCUT2D eigenvalue weighted by Crippen LogP contribution is 2.28. The van der Waals surface area contributed by atoms with Gasteiger partial charge in [0.15, 0.2) is 18.1 Å². The summed E-state index contributed by atoms with van der Waals surface area (Å²) in [5.41, 5.74) is 4.30. The standard InChI is InChI=1S/C20H23BrN2O4/c1-13(2)27-18-8-6-15(10-19(18)25-4)11-22-23-20(24)12-26-17-7-5-14(3)9-16(17)21/h5-11,13H,12H2,1-4H3,(H,23,24)/b22-11+. The van der Waals surface area contributed by atoms with Crippen molar-refractivity contribution >= 4 is 28.1 Å². The lowest BCUT2D eigenvalue weighted by Crippen LogP contribution is -2.24. The fourth-order valence-electron chi connectivity index (χ4n) is 2.19. The van der Waals surface area contributed by atoms with E-state index in [0.29, 0.717) is 17.2 Å². The number of hydrazone groups is 1. The molecule has 144 valence electrons. The lowest BCUT2D eigenvalue weighted by Gasteiger charge is -2.13. The van der Waals surface area contributed by atoms with E-state index in [1.807, 2.05) is 45.0 Å². The van der Waals surface area contributed by atoms with E-state index in [2.05, 4.69) is 26.5 Å². The molecule has 0 bridgehead atoms. The number of nitrogens with zero attached hydrogens (tertiary/aromatic N) is 1. The zero-order valence-electron chi connectivity index (χ0n) is 15.8. The number of rotatable bonds is 8. The van der Waals surface area contributed by atoms with Crippen LogP contribution in [0.2, 0.25) is 0 Å². The van der Waals surface area contributed by atoms with E-state index >= 15 is 0 Å². The van der Waals surface area contributed by atoms with Crippen LogP contribution in [0, 0.1) is 6.92 Å². The van der Waals surface area contributed by atoms with Crippen molar-refractivity contribution < 1.29 is 19.0 Å². The lowest BCUT2D eigenvalue weighted by molar-refractivity contribution is -0.123. The van der Waals surface area contributed by atoms with Gasteiger partial charge in [0.2, 0.25) is 0 Å². The predicted molar refractivity (Wildman–Crippen MR) is 109 cm³/mol. The Kier molecular flexibility index (Phi) is 7.67. The Hall–Kier alpha value is -2.54. The maximum Gasteiger partial charge on any atom is 0.277 e. The number of amides is 1. The molecule has 0 saturated carbocycles. The van der Waals surface area contributed by atoms with Gasteiger partial charge in [-0.25, -0.2) is 5.43 Å². The van der Waals surface area contributed by atoms with Crippen LogP contribution in [0.5, 0.6) is 17.2 Å². The monoisotopic (exact) mass is 434 g/mol. The van der Waals surface area contributed by atoms with Crippen LogP contribution < -0.4 is 19.6 Å². The van der Waals surface area contributed by atoms with Crippen LogP contribution in [0.25, 0.3) is 0 Å². The normalized spacial score (nSPS) is 10.9. The summed E-state index contributed by atoms with van der Waals surface area (Å²) in [5.74, 6) is 1.51. The second-order valence-corrected chi connectivity index (χ2v) is 6.95. The summed E-state index contributed by atoms with van der Waals surface area (Å²) in [6.07, 6.45) is 1.58. The second kappa shape index (κ2) is 9.97. The molecule has 0 aliphatic rings. The van der Waals surface area contributed by atoms with E-state index in [9.17, 15) is 4.79 Å². The minimum Gasteiger partial charge on any atom is -0.493 e. The summed E-state index contributed by atoms with van der Waals surface area (Å²) in [5, 5.41) is 3.94. The lowest BCUT2D eigenvalue weighted by atomic mass is 10.2. The molecule has 6 nitrogen and oxygen atoms in total. The van der Waals surface area contributed by atoms with Crippen molar-refractivity contribution in [1.29, 1.82) is 0 Å². The molecule has 0 saturated heterocycles. The molecule has 2 aromatic carbocycles. The van der Waals surface area contributed by atoms with Gasteiger partial charge < -0.3 is 14.2 Å². The Morgan fingerprint density at radius 2 is 1.93 bits per heavy atom. The summed E-state index contributed by atoms with van der Waals surface area (Å²) in [6, 6.07) is 11.1. The second-order valence-electron chi connectivity index (χ2n) is 6.09. The molecule has 0 radical (unpaired) electrons. The summed E-state index contributed by atoms with van der Waals surface area (Å²) >= 11 is 3.41. The van der Waals surface area contributed by atoms with E-state index in [-0.39, 0.29) is 18.6 Å². The number of aryl methyl sites for hydroxylation is 1. The number of hydrogen-bond acceptors (Lipinski definition) is 5. The Morgan fingerprint density at radius 1 is 1.19 bits per heavy atom. The molecule has 0 heterocycles. The average Bonchev–Trinajstić information content (AvgIpc) is 2.61. The van der Waals surface area contributed by atoms with Gasteiger partial charge in [-0.05, 0) is 78.2 Å². The van der Waals surface area contributed by atoms with Gasteiger partial charge in [-0.1, -0.05) is 6.07 Å². The van der Waals surface area contributed by atoms with Crippen LogP contribution in [0.4, 0.5) is 0 Å². The molecule has 0 atom stereocenters. The third kappa shape index (κ3) is 6.60. The SMILES string of the molecule is COc1cc(/C=N/NC(=O)COc2ccc(C)cc2Br)ccc1OC(C)C. The molecule has 0 spiro atoms. The molecule has 1 N–H and O–H groups in total. The van der Waals surface area contributed by atoms with Crippen molar-refractivity contribution in [2.75, 3.05) is 13.7 Å². The molecule has 0 fully saturated rings. The molecular formula is C20H23BrN2O4. The summed E-state index contributed by atoms with van der Waals surface area (Å²) in [6.45, 7) is 5.74. The number of benzene rings is 2. The zero-order valence-corrected chi connectivity index (χ0v) is 17.4. The largest absolute Gasteiger partial charge is 0.493 e. The topological polar surface area (TPSA) is 69.2 Å². The van der Waals surface area contributed by atoms with Crippen LogP contribution in [0.1, 0.15) is 25.0 Å². The highest BCUT2D eigenvalue weighted by atomic mass is 79.9. The van der Waals surface area contributed by atoms with Crippen molar-refractivity contribution in [3.8, 4) is 17.2 Å². The van der Waals surface area contributed by atoms with Crippen LogP contribution in [0.3, 0.4) is 0 Å². The van der Waals surface area contributed by atoms with E-state index in [1.165, 1.54) is 6.21 Å². The van der Waals surface area contributed by atoms with Crippen molar-refractivity contribution in [2.45, 2.75) is 26.9 Å². The van der Waals surface area contributed by atoms with Crippen LogP contribution in [0.15, 0.2) is 46.0 Å². The molecular weight excluding hydrogens is 412 g/mol. The smallest absolute Gasteiger partial charge is 0.277 e. The number of hydrogen-bond donors (Lipinski definition) is 1. The Balaban J connectivity index is 1.89. The predicted octanol–water partition coefficient (Wildman–Crippen LogP) is 4.08. The maximum absolute atomic E-state index is 11.9. The van der Waals surface area contributed by atoms with E-state index in [1.54, 1.807) is 19.2 Å². The molecule has 7 heteroatoms. The molecule has 0 aliphatic heterocycles. The molecule has 27 heavy (non-hydrogen) atoms. The fraction of sp³-hybridized carbons (Fsp3) is 0.300. The van der Waals surface area contributed by atoms with Gasteiger partial charge in [0, 0.05) is 0 Å². The first-order valence-corrected chi connectivity index (χ1v) is 9.24. The zero-order chi connectivity index (χ0) is 19.8. The average molecular weight is 435 g/mol. The number of carbonyl (C=O) groups excluding carboxylic acids is 1. The van der Waals surface area contributed by atoms with Crippen molar-refractivity contribution in [1.82, 2.24) is 5.43 Å². The van der Waals surface area contributed by atoms with E-state index in [4.69, 9.17) is 14.2 Å². The number of carbonyl (C=O) groups is 1. The fourth-order valence-corrected chi connectivity index (χ4v) is 2.80. The first-order chi connectivity index (χ1) is 12.9. The molecule has 2 aromatic rings. The van der Waals surface area contributed by atoms with Gasteiger partial charge in [0.25, 0.3) is 5.91 Å². The van der Waals surface area contributed by atoms with Gasteiger partial charge >= 0.3 is 0 Å². The number of methoxy groups -OCH3 is 1. The number of ether oxygens (including phenoxy) is 3. The van der Waals surface area contributed by atoms with Gasteiger partial charge in [0.1, 0.15) is 5.75 Å². The molecule has 2 rings (SSSR count). The molecule has 0 aromatic heterocycles. The summed E-state index contributed by atoms with van der Waals surface area (Å²) < 4.78 is 17.3. The van der Waals surface area contributed by atoms with Crippen molar-refractivity contribution in [3.05, 3.63) is 52.0 Å². The third-order valence-electron chi connectivity index (χ3n) is 3.40. The van der Waals surface area contributed by atoms with Crippen LogP contribution in [-0.4, -0.2) is 31.9 Å². The highest BCUT2D eigenvalue weighted by molar-refractivity contribution is 9.10. The Labute approximate surface area is 167 Å². The summed E-state index contributed by atoms with van der Waals surface area (Å²) in [7, 11) is 1.58. The molecule has 0 aliphatic carbocycles.